The Hall–Kier alpha value is -3.05. The number of anilines is 1. The number of halogens is 1. The molecule has 1 aromatic heterocycles. The van der Waals surface area contributed by atoms with Crippen molar-refractivity contribution in [3.05, 3.63) is 83.9 Å². The SMILES string of the molecule is C=CCNC(=O)c1ccccc1NCc1ncc(-c2ccccc2Cl)o1. The molecular formula is C20H18ClN3O2. The highest BCUT2D eigenvalue weighted by molar-refractivity contribution is 6.33. The molecule has 0 saturated carbocycles. The van der Waals surface area contributed by atoms with Gasteiger partial charge in [0.2, 0.25) is 5.89 Å². The van der Waals surface area contributed by atoms with E-state index in [9.17, 15) is 4.79 Å². The molecule has 0 unspecified atom stereocenters. The van der Waals surface area contributed by atoms with Gasteiger partial charge >= 0.3 is 0 Å². The van der Waals surface area contributed by atoms with Gasteiger partial charge in [0, 0.05) is 17.8 Å². The van der Waals surface area contributed by atoms with Crippen LogP contribution in [0.4, 0.5) is 5.69 Å². The van der Waals surface area contributed by atoms with Gasteiger partial charge in [0.15, 0.2) is 5.76 Å². The lowest BCUT2D eigenvalue weighted by Gasteiger charge is -2.10. The van der Waals surface area contributed by atoms with Crippen LogP contribution >= 0.6 is 11.6 Å². The number of hydrogen-bond donors (Lipinski definition) is 2. The van der Waals surface area contributed by atoms with Crippen molar-refractivity contribution in [2.24, 2.45) is 0 Å². The highest BCUT2D eigenvalue weighted by Gasteiger charge is 2.12. The molecule has 0 fully saturated rings. The van der Waals surface area contributed by atoms with E-state index >= 15 is 0 Å². The van der Waals surface area contributed by atoms with E-state index in [1.54, 1.807) is 24.4 Å². The van der Waals surface area contributed by atoms with Crippen LogP contribution in [0, 0.1) is 0 Å². The maximum Gasteiger partial charge on any atom is 0.253 e. The van der Waals surface area contributed by atoms with Gasteiger partial charge in [-0.15, -0.1) is 6.58 Å². The molecule has 0 bridgehead atoms. The van der Waals surface area contributed by atoms with E-state index in [4.69, 9.17) is 16.0 Å². The molecule has 1 heterocycles. The van der Waals surface area contributed by atoms with Crippen molar-refractivity contribution in [2.45, 2.75) is 6.54 Å². The molecule has 3 aromatic rings. The number of oxazole rings is 1. The third-order valence-electron chi connectivity index (χ3n) is 3.70. The van der Waals surface area contributed by atoms with E-state index in [1.807, 2.05) is 36.4 Å². The van der Waals surface area contributed by atoms with Gasteiger partial charge in [-0.2, -0.15) is 0 Å². The Kier molecular flexibility index (Phi) is 5.71. The molecule has 0 aliphatic carbocycles. The molecular weight excluding hydrogens is 350 g/mol. The fourth-order valence-corrected chi connectivity index (χ4v) is 2.67. The number of carbonyl (C=O) groups is 1. The molecule has 2 N–H and O–H groups in total. The van der Waals surface area contributed by atoms with Gasteiger partial charge in [0.1, 0.15) is 0 Å². The topological polar surface area (TPSA) is 67.2 Å². The summed E-state index contributed by atoms with van der Waals surface area (Å²) in [4.78, 5) is 16.5. The zero-order valence-electron chi connectivity index (χ0n) is 14.0. The number of nitrogens with zero attached hydrogens (tertiary/aromatic N) is 1. The van der Waals surface area contributed by atoms with Crippen LogP contribution in [-0.2, 0) is 6.54 Å². The normalized spacial score (nSPS) is 10.3. The largest absolute Gasteiger partial charge is 0.439 e. The summed E-state index contributed by atoms with van der Waals surface area (Å²) in [6.07, 6.45) is 3.28. The maximum absolute atomic E-state index is 12.2. The second-order valence-electron chi connectivity index (χ2n) is 5.50. The van der Waals surface area contributed by atoms with Crippen LogP contribution in [0.2, 0.25) is 5.02 Å². The predicted molar refractivity (Wildman–Crippen MR) is 103 cm³/mol. The summed E-state index contributed by atoms with van der Waals surface area (Å²) in [5.41, 5.74) is 2.04. The first-order valence-electron chi connectivity index (χ1n) is 8.10. The van der Waals surface area contributed by atoms with Gasteiger partial charge in [-0.25, -0.2) is 4.98 Å². The molecule has 26 heavy (non-hydrogen) atoms. The zero-order valence-corrected chi connectivity index (χ0v) is 14.8. The Bertz CT molecular complexity index is 921. The number of aromatic nitrogens is 1. The Morgan fingerprint density at radius 1 is 1.19 bits per heavy atom. The van der Waals surface area contributed by atoms with Crippen LogP contribution in [0.3, 0.4) is 0 Å². The minimum atomic E-state index is -0.169. The van der Waals surface area contributed by atoms with E-state index in [2.05, 4.69) is 22.2 Å². The first-order chi connectivity index (χ1) is 12.7. The first-order valence-corrected chi connectivity index (χ1v) is 8.48. The predicted octanol–water partition coefficient (Wildman–Crippen LogP) is 4.52. The summed E-state index contributed by atoms with van der Waals surface area (Å²) in [6.45, 7) is 4.35. The number of hydrogen-bond acceptors (Lipinski definition) is 4. The highest BCUT2D eigenvalue weighted by atomic mass is 35.5. The van der Waals surface area contributed by atoms with Crippen molar-refractivity contribution >= 4 is 23.2 Å². The average molecular weight is 368 g/mol. The summed E-state index contributed by atoms with van der Waals surface area (Å²) in [7, 11) is 0. The number of carbonyl (C=O) groups excluding carboxylic acids is 1. The molecule has 0 spiro atoms. The Morgan fingerprint density at radius 3 is 2.77 bits per heavy atom. The van der Waals surface area contributed by atoms with Crippen LogP contribution in [0.1, 0.15) is 16.2 Å². The van der Waals surface area contributed by atoms with Gasteiger partial charge < -0.3 is 15.1 Å². The van der Waals surface area contributed by atoms with E-state index in [0.717, 1.165) is 5.56 Å². The fraction of sp³-hybridized carbons (Fsp3) is 0.100. The van der Waals surface area contributed by atoms with E-state index in [-0.39, 0.29) is 5.91 Å². The lowest BCUT2D eigenvalue weighted by atomic mass is 10.1. The molecule has 0 aliphatic heterocycles. The smallest absolute Gasteiger partial charge is 0.253 e. The molecule has 0 radical (unpaired) electrons. The molecule has 6 heteroatoms. The van der Waals surface area contributed by atoms with Gasteiger partial charge in [-0.3, -0.25) is 4.79 Å². The molecule has 1 amide bonds. The van der Waals surface area contributed by atoms with Gasteiger partial charge in [0.25, 0.3) is 5.91 Å². The number of nitrogens with one attached hydrogen (secondary N) is 2. The van der Waals surface area contributed by atoms with Crippen LogP contribution in [0.15, 0.2) is 71.8 Å². The number of rotatable bonds is 7. The number of para-hydroxylation sites is 1. The lowest BCUT2D eigenvalue weighted by molar-refractivity contribution is 0.0958. The minimum absolute atomic E-state index is 0.169. The molecule has 3 rings (SSSR count). The van der Waals surface area contributed by atoms with Gasteiger partial charge in [-0.05, 0) is 24.3 Å². The molecule has 132 valence electrons. The van der Waals surface area contributed by atoms with Crippen molar-refractivity contribution in [3.63, 3.8) is 0 Å². The average Bonchev–Trinajstić information content (AvgIpc) is 3.14. The second-order valence-corrected chi connectivity index (χ2v) is 5.90. The summed E-state index contributed by atoms with van der Waals surface area (Å²) >= 11 is 6.18. The standard InChI is InChI=1S/C20H18ClN3O2/c1-2-11-22-20(25)15-8-4-6-10-17(15)23-13-19-24-12-18(26-19)14-7-3-5-9-16(14)21/h2-10,12,23H,1,11,13H2,(H,22,25). The van der Waals surface area contributed by atoms with Crippen molar-refractivity contribution in [2.75, 3.05) is 11.9 Å². The zero-order chi connectivity index (χ0) is 18.4. The number of amides is 1. The van der Waals surface area contributed by atoms with Crippen LogP contribution in [0.25, 0.3) is 11.3 Å². The van der Waals surface area contributed by atoms with Crippen molar-refractivity contribution in [1.82, 2.24) is 10.3 Å². The quantitative estimate of drug-likeness (QED) is 0.602. The van der Waals surface area contributed by atoms with E-state index in [1.165, 1.54) is 0 Å². The minimum Gasteiger partial charge on any atom is -0.439 e. The molecule has 5 nitrogen and oxygen atoms in total. The first kappa shape index (κ1) is 17.8. The second kappa shape index (κ2) is 8.36. The summed E-state index contributed by atoms with van der Waals surface area (Å²) in [6, 6.07) is 14.7. The van der Waals surface area contributed by atoms with Crippen molar-refractivity contribution < 1.29 is 9.21 Å². The maximum atomic E-state index is 12.2. The summed E-state index contributed by atoms with van der Waals surface area (Å²) in [5.74, 6) is 0.933. The van der Waals surface area contributed by atoms with Gasteiger partial charge in [-0.1, -0.05) is 41.9 Å². The Balaban J connectivity index is 1.72. The molecule has 0 atom stereocenters. The van der Waals surface area contributed by atoms with Crippen LogP contribution in [-0.4, -0.2) is 17.4 Å². The monoisotopic (exact) mass is 367 g/mol. The molecule has 0 saturated heterocycles. The lowest BCUT2D eigenvalue weighted by Crippen LogP contribution is -2.24. The summed E-state index contributed by atoms with van der Waals surface area (Å²) < 4.78 is 5.77. The Morgan fingerprint density at radius 2 is 1.96 bits per heavy atom. The third-order valence-corrected chi connectivity index (χ3v) is 4.03. The third kappa shape index (κ3) is 4.13. The van der Waals surface area contributed by atoms with Crippen molar-refractivity contribution in [3.8, 4) is 11.3 Å². The number of benzene rings is 2. The fourth-order valence-electron chi connectivity index (χ4n) is 2.44. The van der Waals surface area contributed by atoms with Gasteiger partial charge in [0.05, 0.1) is 23.3 Å². The highest BCUT2D eigenvalue weighted by Crippen LogP contribution is 2.28. The summed E-state index contributed by atoms with van der Waals surface area (Å²) in [5, 5.41) is 6.56. The molecule has 2 aromatic carbocycles. The Labute approximate surface area is 156 Å². The molecule has 0 aliphatic rings. The van der Waals surface area contributed by atoms with Crippen molar-refractivity contribution in [1.29, 1.82) is 0 Å². The van der Waals surface area contributed by atoms with E-state index < -0.39 is 0 Å². The van der Waals surface area contributed by atoms with Crippen LogP contribution in [0.5, 0.6) is 0 Å². The van der Waals surface area contributed by atoms with E-state index in [0.29, 0.717) is 41.0 Å². The van der Waals surface area contributed by atoms with Crippen LogP contribution < -0.4 is 10.6 Å².